The summed E-state index contributed by atoms with van der Waals surface area (Å²) in [4.78, 5) is -0.0203. The minimum absolute atomic E-state index is 0.0203. The van der Waals surface area contributed by atoms with Crippen molar-refractivity contribution >= 4 is 19.7 Å². The zero-order valence-corrected chi connectivity index (χ0v) is 7.07. The van der Waals surface area contributed by atoms with Gasteiger partial charge in [-0.25, -0.2) is 12.8 Å². The van der Waals surface area contributed by atoms with E-state index < -0.39 is 15.2 Å². The molecule has 0 aromatic carbocycles. The summed E-state index contributed by atoms with van der Waals surface area (Å²) in [6.45, 7) is 0. The van der Waals surface area contributed by atoms with E-state index in [0.29, 0.717) is 0 Å². The van der Waals surface area contributed by atoms with E-state index in [-0.39, 0.29) is 11.3 Å². The van der Waals surface area contributed by atoms with Crippen LogP contribution in [0.2, 0.25) is 0 Å². The molecule has 0 aliphatic heterocycles. The lowest BCUT2D eigenvalue weighted by atomic mass is 10.2. The fourth-order valence-electron chi connectivity index (χ4n) is 0.755. The van der Waals surface area contributed by atoms with Gasteiger partial charge in [0.05, 0.1) is 4.91 Å². The monoisotopic (exact) mass is 196 g/mol. The Balaban J connectivity index is 2.89. The highest BCUT2D eigenvalue weighted by molar-refractivity contribution is 8.17. The van der Waals surface area contributed by atoms with Crippen LogP contribution in [-0.2, 0) is 9.05 Å². The summed E-state index contributed by atoms with van der Waals surface area (Å²) < 4.78 is 33.6. The van der Waals surface area contributed by atoms with Gasteiger partial charge in [-0.15, -0.1) is 0 Å². The first-order valence-electron chi connectivity index (χ1n) is 2.97. The average molecular weight is 197 g/mol. The van der Waals surface area contributed by atoms with Crippen LogP contribution in [0.25, 0.3) is 0 Å². The van der Waals surface area contributed by atoms with Gasteiger partial charge in [-0.1, -0.05) is 6.08 Å². The first-order valence-corrected chi connectivity index (χ1v) is 5.28. The number of hydrogen-bond donors (Lipinski definition) is 0. The van der Waals surface area contributed by atoms with Gasteiger partial charge >= 0.3 is 0 Å². The van der Waals surface area contributed by atoms with Gasteiger partial charge in [0.2, 0.25) is 0 Å². The molecule has 0 aromatic rings. The molecular weight excluding hydrogens is 191 g/mol. The molecule has 62 valence electrons. The van der Waals surface area contributed by atoms with Crippen LogP contribution in [0.5, 0.6) is 0 Å². The van der Waals surface area contributed by atoms with E-state index in [1.54, 1.807) is 0 Å². The zero-order chi connectivity index (χ0) is 8.48. The first-order chi connectivity index (χ1) is 5.00. The maximum atomic E-state index is 12.4. The molecule has 0 radical (unpaired) electrons. The molecule has 1 rings (SSSR count). The molecule has 0 N–H and O–H groups in total. The summed E-state index contributed by atoms with van der Waals surface area (Å²) in [5.74, 6) is 0. The average Bonchev–Trinajstić information content (AvgIpc) is 1.86. The molecule has 5 heteroatoms. The molecule has 0 aromatic heterocycles. The number of allylic oxidation sites excluding steroid dienone is 3. The van der Waals surface area contributed by atoms with Crippen LogP contribution in [0.15, 0.2) is 23.1 Å². The van der Waals surface area contributed by atoms with Gasteiger partial charge in [-0.3, -0.25) is 0 Å². The molecule has 0 saturated heterocycles. The molecule has 2 nitrogen and oxygen atoms in total. The molecule has 0 bridgehead atoms. The molecular formula is C6H6ClFO2S. The molecule has 0 saturated carbocycles. The molecule has 1 aliphatic rings. The second kappa shape index (κ2) is 2.95. The second-order valence-corrected chi connectivity index (χ2v) is 4.72. The number of halogens is 2. The van der Waals surface area contributed by atoms with Crippen LogP contribution < -0.4 is 0 Å². The van der Waals surface area contributed by atoms with E-state index in [0.717, 1.165) is 0 Å². The van der Waals surface area contributed by atoms with Gasteiger partial charge < -0.3 is 0 Å². The largest absolute Gasteiger partial charge is 0.260 e. The molecule has 11 heavy (non-hydrogen) atoms. The molecule has 0 amide bonds. The van der Waals surface area contributed by atoms with Gasteiger partial charge in [-0.2, -0.15) is 0 Å². The summed E-state index contributed by atoms with van der Waals surface area (Å²) in [5.41, 5.74) is 0. The van der Waals surface area contributed by atoms with Crippen molar-refractivity contribution in [2.45, 2.75) is 12.6 Å². The van der Waals surface area contributed by atoms with Crippen LogP contribution in [0.4, 0.5) is 4.39 Å². The third-order valence-electron chi connectivity index (χ3n) is 1.30. The van der Waals surface area contributed by atoms with E-state index in [1.165, 1.54) is 18.2 Å². The van der Waals surface area contributed by atoms with Gasteiger partial charge in [0.15, 0.2) is 0 Å². The van der Waals surface area contributed by atoms with Crippen LogP contribution in [0, 0.1) is 0 Å². The quantitative estimate of drug-likeness (QED) is 0.599. The topological polar surface area (TPSA) is 34.1 Å². The van der Waals surface area contributed by atoms with E-state index in [2.05, 4.69) is 0 Å². The predicted octanol–water partition coefficient (Wildman–Crippen LogP) is 1.74. The highest BCUT2D eigenvalue weighted by Crippen LogP contribution is 2.20. The molecule has 0 spiro atoms. The highest BCUT2D eigenvalue weighted by atomic mass is 35.7. The fourth-order valence-corrected chi connectivity index (χ4v) is 1.64. The first kappa shape index (κ1) is 8.74. The van der Waals surface area contributed by atoms with Crippen molar-refractivity contribution in [1.29, 1.82) is 0 Å². The summed E-state index contributed by atoms with van der Waals surface area (Å²) in [6.07, 6.45) is 2.62. The van der Waals surface area contributed by atoms with Crippen LogP contribution in [0.1, 0.15) is 6.42 Å². The van der Waals surface area contributed by atoms with E-state index in [9.17, 15) is 12.8 Å². The number of hydrogen-bond acceptors (Lipinski definition) is 2. The number of alkyl halides is 1. The minimum Gasteiger partial charge on any atom is -0.243 e. The Labute approximate surface area is 68.8 Å². The third kappa shape index (κ3) is 2.31. The Morgan fingerprint density at radius 1 is 1.64 bits per heavy atom. The van der Waals surface area contributed by atoms with Crippen molar-refractivity contribution in [2.75, 3.05) is 0 Å². The standard InChI is InChI=1S/C6H6ClFO2S/c7-11(9,10)6-3-1-5(8)2-4-6/h1,3-5H,2H2/t5-/m1/s1. The lowest BCUT2D eigenvalue weighted by Crippen LogP contribution is -2.02. The SMILES string of the molecule is O=S(=O)(Cl)C1=CC[C@H](F)C=C1. The van der Waals surface area contributed by atoms with Gasteiger partial charge in [0.25, 0.3) is 9.05 Å². The predicted molar refractivity (Wildman–Crippen MR) is 41.5 cm³/mol. The Bertz CT molecular complexity index is 305. The molecule has 0 unspecified atom stereocenters. The van der Waals surface area contributed by atoms with E-state index in [1.807, 2.05) is 0 Å². The van der Waals surface area contributed by atoms with Gasteiger partial charge in [0, 0.05) is 17.1 Å². The summed E-state index contributed by atoms with van der Waals surface area (Å²) in [5, 5.41) is 0. The van der Waals surface area contributed by atoms with Gasteiger partial charge in [0.1, 0.15) is 6.17 Å². The third-order valence-corrected chi connectivity index (χ3v) is 2.70. The van der Waals surface area contributed by atoms with Crippen LogP contribution in [-0.4, -0.2) is 14.6 Å². The van der Waals surface area contributed by atoms with E-state index in [4.69, 9.17) is 10.7 Å². The Hall–Kier alpha value is -0.350. The number of rotatable bonds is 1. The summed E-state index contributed by atoms with van der Waals surface area (Å²) in [7, 11) is 1.32. The lowest BCUT2D eigenvalue weighted by Gasteiger charge is -2.05. The van der Waals surface area contributed by atoms with Crippen molar-refractivity contribution in [1.82, 2.24) is 0 Å². The smallest absolute Gasteiger partial charge is 0.243 e. The second-order valence-electron chi connectivity index (χ2n) is 2.16. The Morgan fingerprint density at radius 2 is 2.27 bits per heavy atom. The van der Waals surface area contributed by atoms with Gasteiger partial charge in [-0.05, 0) is 12.2 Å². The van der Waals surface area contributed by atoms with E-state index >= 15 is 0 Å². The molecule has 1 aliphatic carbocycles. The Morgan fingerprint density at radius 3 is 2.64 bits per heavy atom. The normalized spacial score (nSPS) is 24.9. The Kier molecular flexibility index (Phi) is 2.34. The fraction of sp³-hybridized carbons (Fsp3) is 0.333. The van der Waals surface area contributed by atoms with Crippen molar-refractivity contribution < 1.29 is 12.8 Å². The molecule has 0 heterocycles. The minimum atomic E-state index is -3.67. The highest BCUT2D eigenvalue weighted by Gasteiger charge is 2.15. The van der Waals surface area contributed by atoms with Crippen LogP contribution in [0.3, 0.4) is 0 Å². The summed E-state index contributed by atoms with van der Waals surface area (Å²) >= 11 is 0. The molecule has 0 fully saturated rings. The van der Waals surface area contributed by atoms with Crippen LogP contribution >= 0.6 is 10.7 Å². The van der Waals surface area contributed by atoms with Crippen molar-refractivity contribution in [3.8, 4) is 0 Å². The van der Waals surface area contributed by atoms with Crippen molar-refractivity contribution in [2.24, 2.45) is 0 Å². The van der Waals surface area contributed by atoms with Crippen molar-refractivity contribution in [3.05, 3.63) is 23.1 Å². The molecule has 1 atom stereocenters. The zero-order valence-electron chi connectivity index (χ0n) is 5.50. The van der Waals surface area contributed by atoms with Crippen molar-refractivity contribution in [3.63, 3.8) is 0 Å². The summed E-state index contributed by atoms with van der Waals surface area (Å²) in [6, 6.07) is 0. The lowest BCUT2D eigenvalue weighted by molar-refractivity contribution is 0.401. The maximum absolute atomic E-state index is 12.4. The maximum Gasteiger partial charge on any atom is 0.260 e.